The second-order valence-corrected chi connectivity index (χ2v) is 7.74. The van der Waals surface area contributed by atoms with Crippen LogP contribution in [-0.2, 0) is 10.0 Å². The lowest BCUT2D eigenvalue weighted by atomic mass is 9.85. The lowest BCUT2D eigenvalue weighted by molar-refractivity contribution is 0.204. The van der Waals surface area contributed by atoms with E-state index in [-0.39, 0.29) is 16.9 Å². The molecular formula is C15H23FN2O2S. The second kappa shape index (κ2) is 6.42. The number of hydrogen-bond donors (Lipinski definition) is 1. The number of benzene rings is 1. The Balaban J connectivity index is 2.33. The van der Waals surface area contributed by atoms with Crippen LogP contribution in [0.15, 0.2) is 23.1 Å². The molecule has 1 aliphatic carbocycles. The zero-order chi connectivity index (χ0) is 15.6. The highest BCUT2D eigenvalue weighted by molar-refractivity contribution is 7.89. The molecular weight excluding hydrogens is 291 g/mol. The molecule has 0 heterocycles. The summed E-state index contributed by atoms with van der Waals surface area (Å²) in [5.74, 6) is -0.231. The highest BCUT2D eigenvalue weighted by atomic mass is 32.2. The maximum Gasteiger partial charge on any atom is 0.243 e. The van der Waals surface area contributed by atoms with Crippen LogP contribution in [0.1, 0.15) is 31.2 Å². The van der Waals surface area contributed by atoms with Gasteiger partial charge in [0, 0.05) is 13.1 Å². The summed E-state index contributed by atoms with van der Waals surface area (Å²) in [5, 5.41) is 0. The number of rotatable bonds is 4. The van der Waals surface area contributed by atoms with Gasteiger partial charge in [-0.25, -0.2) is 12.8 Å². The van der Waals surface area contributed by atoms with Crippen LogP contribution < -0.4 is 5.73 Å². The molecule has 2 rings (SSSR count). The lowest BCUT2D eigenvalue weighted by Gasteiger charge is -2.36. The normalized spacial score (nSPS) is 23.5. The topological polar surface area (TPSA) is 63.4 Å². The van der Waals surface area contributed by atoms with Crippen molar-refractivity contribution >= 4 is 10.0 Å². The molecule has 21 heavy (non-hydrogen) atoms. The summed E-state index contributed by atoms with van der Waals surface area (Å²) in [4.78, 5) is 0.174. The number of nitrogens with zero attached hydrogens (tertiary/aromatic N) is 1. The molecule has 0 saturated heterocycles. The van der Waals surface area contributed by atoms with E-state index >= 15 is 0 Å². The molecule has 6 heteroatoms. The minimum absolute atomic E-state index is 0.0711. The molecule has 4 nitrogen and oxygen atoms in total. The van der Waals surface area contributed by atoms with Crippen LogP contribution in [0.5, 0.6) is 0 Å². The largest absolute Gasteiger partial charge is 0.330 e. The van der Waals surface area contributed by atoms with Gasteiger partial charge in [-0.3, -0.25) is 0 Å². The molecule has 2 N–H and O–H groups in total. The molecule has 1 aliphatic rings. The monoisotopic (exact) mass is 314 g/mol. The summed E-state index contributed by atoms with van der Waals surface area (Å²) >= 11 is 0. The van der Waals surface area contributed by atoms with E-state index in [0.717, 1.165) is 25.7 Å². The quantitative estimate of drug-likeness (QED) is 0.927. The third kappa shape index (κ3) is 3.27. The van der Waals surface area contributed by atoms with Gasteiger partial charge < -0.3 is 5.73 Å². The highest BCUT2D eigenvalue weighted by Crippen LogP contribution is 2.31. The van der Waals surface area contributed by atoms with Crippen molar-refractivity contribution in [1.29, 1.82) is 0 Å². The number of aryl methyl sites for hydroxylation is 1. The van der Waals surface area contributed by atoms with E-state index in [1.165, 1.54) is 22.5 Å². The van der Waals surface area contributed by atoms with E-state index in [2.05, 4.69) is 0 Å². The fourth-order valence-corrected chi connectivity index (χ4v) is 4.83. The van der Waals surface area contributed by atoms with Gasteiger partial charge in [0.15, 0.2) is 0 Å². The van der Waals surface area contributed by atoms with Gasteiger partial charge in [0.25, 0.3) is 0 Å². The summed E-state index contributed by atoms with van der Waals surface area (Å²) in [6, 6.07) is 3.71. The molecule has 1 aromatic rings. The van der Waals surface area contributed by atoms with Gasteiger partial charge in [0.1, 0.15) is 5.82 Å². The molecule has 2 unspecified atom stereocenters. The Labute approximate surface area is 126 Å². The van der Waals surface area contributed by atoms with Crippen LogP contribution in [0.4, 0.5) is 4.39 Å². The minimum atomic E-state index is -3.62. The fourth-order valence-electron chi connectivity index (χ4n) is 3.18. The van der Waals surface area contributed by atoms with Crippen molar-refractivity contribution < 1.29 is 12.8 Å². The predicted molar refractivity (Wildman–Crippen MR) is 80.9 cm³/mol. The molecule has 0 bridgehead atoms. The van der Waals surface area contributed by atoms with Crippen molar-refractivity contribution in [2.24, 2.45) is 11.7 Å². The van der Waals surface area contributed by atoms with Crippen molar-refractivity contribution in [2.75, 3.05) is 13.6 Å². The number of hydrogen-bond acceptors (Lipinski definition) is 3. The first-order valence-electron chi connectivity index (χ1n) is 7.32. The van der Waals surface area contributed by atoms with Gasteiger partial charge >= 0.3 is 0 Å². The molecule has 1 saturated carbocycles. The van der Waals surface area contributed by atoms with Gasteiger partial charge in [-0.1, -0.05) is 12.8 Å². The standard InChI is InChI=1S/C15H23FN2O2S/c1-11-9-13(16)7-8-15(11)21(19,20)18(2)14-6-4-3-5-12(14)10-17/h7-9,12,14H,3-6,10,17H2,1-2H3. The van der Waals surface area contributed by atoms with Gasteiger partial charge in [-0.15, -0.1) is 0 Å². The second-order valence-electron chi connectivity index (χ2n) is 5.78. The Morgan fingerprint density at radius 2 is 2.00 bits per heavy atom. The predicted octanol–water partition coefficient (Wildman–Crippen LogP) is 2.27. The zero-order valence-corrected chi connectivity index (χ0v) is 13.4. The summed E-state index contributed by atoms with van der Waals surface area (Å²) in [5.41, 5.74) is 6.22. The molecule has 1 fully saturated rings. The zero-order valence-electron chi connectivity index (χ0n) is 12.5. The molecule has 118 valence electrons. The number of halogens is 1. The van der Waals surface area contributed by atoms with Gasteiger partial charge in [-0.2, -0.15) is 4.31 Å². The molecule has 0 aliphatic heterocycles. The van der Waals surface area contributed by atoms with Crippen molar-refractivity contribution in [2.45, 2.75) is 43.5 Å². The van der Waals surface area contributed by atoms with Crippen molar-refractivity contribution in [3.63, 3.8) is 0 Å². The molecule has 1 aromatic carbocycles. The first-order chi connectivity index (χ1) is 9.87. The van der Waals surface area contributed by atoms with Crippen LogP contribution in [0.3, 0.4) is 0 Å². The summed E-state index contributed by atoms with van der Waals surface area (Å²) in [7, 11) is -2.01. The van der Waals surface area contributed by atoms with Crippen LogP contribution >= 0.6 is 0 Å². The fraction of sp³-hybridized carbons (Fsp3) is 0.600. The summed E-state index contributed by atoms with van der Waals surface area (Å²) < 4.78 is 40.2. The first-order valence-corrected chi connectivity index (χ1v) is 8.76. The average Bonchev–Trinajstić information content (AvgIpc) is 2.46. The molecule has 0 radical (unpaired) electrons. The highest BCUT2D eigenvalue weighted by Gasteiger charge is 2.35. The van der Waals surface area contributed by atoms with E-state index in [4.69, 9.17) is 5.73 Å². The summed E-state index contributed by atoms with van der Waals surface area (Å²) in [6.07, 6.45) is 3.91. The van der Waals surface area contributed by atoms with Crippen molar-refractivity contribution in [1.82, 2.24) is 4.31 Å². The Morgan fingerprint density at radius 1 is 1.33 bits per heavy atom. The average molecular weight is 314 g/mol. The van der Waals surface area contributed by atoms with Crippen LogP contribution in [0, 0.1) is 18.7 Å². The van der Waals surface area contributed by atoms with Gasteiger partial charge in [0.05, 0.1) is 4.90 Å². The SMILES string of the molecule is Cc1cc(F)ccc1S(=O)(=O)N(C)C1CCCCC1CN. The lowest BCUT2D eigenvalue weighted by Crippen LogP contribution is -2.45. The first kappa shape index (κ1) is 16.4. The van der Waals surface area contributed by atoms with Gasteiger partial charge in [0.2, 0.25) is 10.0 Å². The van der Waals surface area contributed by atoms with Gasteiger partial charge in [-0.05, 0) is 56.0 Å². The van der Waals surface area contributed by atoms with Crippen LogP contribution in [0.25, 0.3) is 0 Å². The van der Waals surface area contributed by atoms with E-state index in [0.29, 0.717) is 12.1 Å². The Hall–Kier alpha value is -0.980. The van der Waals surface area contributed by atoms with E-state index in [9.17, 15) is 12.8 Å². The number of nitrogens with two attached hydrogens (primary N) is 1. The number of sulfonamides is 1. The Kier molecular flexibility index (Phi) is 5.01. The Bertz CT molecular complexity index is 604. The Morgan fingerprint density at radius 3 is 2.62 bits per heavy atom. The summed E-state index contributed by atoms with van der Waals surface area (Å²) in [6.45, 7) is 2.11. The maximum atomic E-state index is 13.2. The van der Waals surface area contributed by atoms with Crippen molar-refractivity contribution in [3.8, 4) is 0 Å². The van der Waals surface area contributed by atoms with E-state index in [1.54, 1.807) is 14.0 Å². The molecule has 2 atom stereocenters. The van der Waals surface area contributed by atoms with E-state index < -0.39 is 15.8 Å². The smallest absolute Gasteiger partial charge is 0.243 e. The van der Waals surface area contributed by atoms with Crippen LogP contribution in [-0.4, -0.2) is 32.4 Å². The third-order valence-electron chi connectivity index (χ3n) is 4.43. The van der Waals surface area contributed by atoms with Crippen LogP contribution in [0.2, 0.25) is 0 Å². The molecule has 0 amide bonds. The minimum Gasteiger partial charge on any atom is -0.330 e. The molecule has 0 aromatic heterocycles. The maximum absolute atomic E-state index is 13.2. The molecule has 0 spiro atoms. The third-order valence-corrected chi connectivity index (χ3v) is 6.48. The van der Waals surface area contributed by atoms with Crippen molar-refractivity contribution in [3.05, 3.63) is 29.6 Å². The van der Waals surface area contributed by atoms with E-state index in [1.807, 2.05) is 0 Å².